The summed E-state index contributed by atoms with van der Waals surface area (Å²) in [5, 5.41) is 5.60. The predicted molar refractivity (Wildman–Crippen MR) is 171 cm³/mol. The van der Waals surface area contributed by atoms with E-state index in [4.69, 9.17) is 9.47 Å². The lowest BCUT2D eigenvalue weighted by Gasteiger charge is -2.15. The molecule has 1 heterocycles. The minimum absolute atomic E-state index is 0.00336. The first-order valence-electron chi connectivity index (χ1n) is 15.3. The highest BCUT2D eigenvalue weighted by molar-refractivity contribution is 6.22. The van der Waals surface area contributed by atoms with E-state index < -0.39 is 55.3 Å². The first-order chi connectivity index (χ1) is 22.1. The van der Waals surface area contributed by atoms with Crippen LogP contribution >= 0.6 is 0 Å². The van der Waals surface area contributed by atoms with Crippen molar-refractivity contribution in [3.05, 3.63) is 93.5 Å². The molecule has 11 nitrogen and oxygen atoms in total. The molecule has 3 aromatic carbocycles. The summed E-state index contributed by atoms with van der Waals surface area (Å²) in [5.74, 6) is -4.44. The Morgan fingerprint density at radius 2 is 1.09 bits per heavy atom. The second kappa shape index (κ2) is 15.1. The molecule has 11 heteroatoms. The molecule has 0 fully saturated rings. The molecule has 1 aliphatic rings. The number of hydrogen-bond acceptors (Lipinski definition) is 8. The number of ether oxygens (including phenoxy) is 2. The molecule has 3 aromatic rings. The van der Waals surface area contributed by atoms with Crippen LogP contribution in [0.25, 0.3) is 0 Å². The molecule has 0 saturated carbocycles. The Kier molecular flexibility index (Phi) is 11.0. The van der Waals surface area contributed by atoms with E-state index in [2.05, 4.69) is 10.6 Å². The summed E-state index contributed by atoms with van der Waals surface area (Å²) < 4.78 is 10.2. The van der Waals surface area contributed by atoms with Gasteiger partial charge in [-0.3, -0.25) is 28.9 Å². The number of imide groups is 1. The van der Waals surface area contributed by atoms with Crippen molar-refractivity contribution in [1.29, 1.82) is 0 Å². The van der Waals surface area contributed by atoms with Gasteiger partial charge in [-0.25, -0.2) is 4.79 Å². The van der Waals surface area contributed by atoms with Gasteiger partial charge in [0.05, 0.1) is 16.7 Å². The number of carbonyl (C=O) groups is 6. The molecule has 0 bridgehead atoms. The Bertz CT molecular complexity index is 1650. The van der Waals surface area contributed by atoms with Crippen molar-refractivity contribution >= 4 is 46.9 Å². The van der Waals surface area contributed by atoms with Crippen LogP contribution in [0.2, 0.25) is 0 Å². The second-order valence-electron chi connectivity index (χ2n) is 10.6. The van der Waals surface area contributed by atoms with Crippen molar-refractivity contribution in [3.8, 4) is 0 Å². The number of anilines is 2. The van der Waals surface area contributed by atoms with E-state index in [1.54, 1.807) is 0 Å². The van der Waals surface area contributed by atoms with Crippen molar-refractivity contribution in [2.75, 3.05) is 30.4 Å². The summed E-state index contributed by atoms with van der Waals surface area (Å²) in [4.78, 5) is 77.0. The first kappa shape index (κ1) is 33.6. The monoisotopic (exact) mass is 627 g/mol. The lowest BCUT2D eigenvalue weighted by Crippen LogP contribution is -2.36. The van der Waals surface area contributed by atoms with Crippen molar-refractivity contribution in [3.63, 3.8) is 0 Å². The number of hydrogen-bond donors (Lipinski definition) is 2. The molecule has 4 amide bonds. The van der Waals surface area contributed by atoms with Crippen LogP contribution in [-0.4, -0.2) is 60.2 Å². The zero-order valence-corrected chi connectivity index (χ0v) is 26.4. The molecule has 0 unspecified atom stereocenters. The van der Waals surface area contributed by atoms with Crippen LogP contribution in [-0.2, 0) is 49.5 Å². The zero-order chi connectivity index (χ0) is 33.4. The molecule has 2 N–H and O–H groups in total. The molecule has 0 radical (unpaired) electrons. The van der Waals surface area contributed by atoms with Crippen LogP contribution in [0.4, 0.5) is 11.4 Å². The Morgan fingerprint density at radius 3 is 1.57 bits per heavy atom. The van der Waals surface area contributed by atoms with E-state index in [0.29, 0.717) is 42.0 Å². The molecule has 0 aliphatic carbocycles. The summed E-state index contributed by atoms with van der Waals surface area (Å²) in [6, 6.07) is 15.2. The minimum atomic E-state index is -0.953. The van der Waals surface area contributed by atoms with E-state index in [0.717, 1.165) is 22.3 Å². The SMILES string of the molecule is CCc1cccc(CC)c1NC(=O)COC(=O)CN1C(=O)c2ccc(C(=O)OCC(=O)Nc3c(CC)cccc3CC)cc2C1=O. The summed E-state index contributed by atoms with van der Waals surface area (Å²) >= 11 is 0. The van der Waals surface area contributed by atoms with E-state index in [-0.39, 0.29) is 16.7 Å². The summed E-state index contributed by atoms with van der Waals surface area (Å²) in [7, 11) is 0. The fraction of sp³-hybridized carbons (Fsp3) is 0.314. The Labute approximate surface area is 267 Å². The molecule has 0 saturated heterocycles. The minimum Gasteiger partial charge on any atom is -0.454 e. The maximum Gasteiger partial charge on any atom is 0.338 e. The molecule has 0 aromatic heterocycles. The van der Waals surface area contributed by atoms with Gasteiger partial charge in [-0.1, -0.05) is 64.1 Å². The van der Waals surface area contributed by atoms with Crippen molar-refractivity contribution in [2.24, 2.45) is 0 Å². The molecule has 1 aliphatic heterocycles. The molecule has 240 valence electrons. The van der Waals surface area contributed by atoms with Gasteiger partial charge in [0.2, 0.25) is 0 Å². The normalized spacial score (nSPS) is 12.0. The van der Waals surface area contributed by atoms with Gasteiger partial charge in [0.1, 0.15) is 6.54 Å². The van der Waals surface area contributed by atoms with E-state index in [1.807, 2.05) is 64.1 Å². The average molecular weight is 628 g/mol. The van der Waals surface area contributed by atoms with Crippen LogP contribution in [0, 0.1) is 0 Å². The topological polar surface area (TPSA) is 148 Å². The number of benzene rings is 3. The number of amides is 4. The zero-order valence-electron chi connectivity index (χ0n) is 26.4. The van der Waals surface area contributed by atoms with Gasteiger partial charge in [-0.2, -0.15) is 0 Å². The lowest BCUT2D eigenvalue weighted by atomic mass is 10.0. The van der Waals surface area contributed by atoms with Crippen LogP contribution in [0.1, 0.15) is 81.0 Å². The van der Waals surface area contributed by atoms with Crippen molar-refractivity contribution < 1.29 is 38.2 Å². The van der Waals surface area contributed by atoms with Crippen molar-refractivity contribution in [2.45, 2.75) is 53.4 Å². The lowest BCUT2D eigenvalue weighted by molar-refractivity contribution is -0.147. The van der Waals surface area contributed by atoms with Crippen molar-refractivity contribution in [1.82, 2.24) is 4.90 Å². The molecule has 46 heavy (non-hydrogen) atoms. The van der Waals surface area contributed by atoms with Gasteiger partial charge >= 0.3 is 11.9 Å². The van der Waals surface area contributed by atoms with Gasteiger partial charge in [0.15, 0.2) is 13.2 Å². The van der Waals surface area contributed by atoms with Gasteiger partial charge in [0.25, 0.3) is 23.6 Å². The molecule has 0 spiro atoms. The Balaban J connectivity index is 1.33. The van der Waals surface area contributed by atoms with E-state index in [9.17, 15) is 28.8 Å². The second-order valence-corrected chi connectivity index (χ2v) is 10.6. The molecular formula is C35H37N3O8. The Hall–Kier alpha value is -5.32. The number of aryl methyl sites for hydroxylation is 4. The van der Waals surface area contributed by atoms with Gasteiger partial charge < -0.3 is 20.1 Å². The number of rotatable bonds is 13. The summed E-state index contributed by atoms with van der Waals surface area (Å²) in [6.45, 7) is 6.01. The molecule has 4 rings (SSSR count). The smallest absolute Gasteiger partial charge is 0.338 e. The molecule has 0 atom stereocenters. The Morgan fingerprint density at radius 1 is 0.630 bits per heavy atom. The highest BCUT2D eigenvalue weighted by atomic mass is 16.5. The highest BCUT2D eigenvalue weighted by Gasteiger charge is 2.37. The maximum absolute atomic E-state index is 13.0. The standard InChI is InChI=1S/C35H37N3O8/c1-5-21-11-9-12-22(6-2)31(21)36-28(39)19-45-30(41)18-38-33(42)26-16-15-25(17-27(26)34(38)43)35(44)46-20-29(40)37-32-23(7-3)13-10-14-24(32)8-4/h9-17H,5-8,18-20H2,1-4H3,(H,36,39)(H,37,40). The van der Waals surface area contributed by atoms with Gasteiger partial charge in [-0.15, -0.1) is 0 Å². The third-order valence-corrected chi connectivity index (χ3v) is 7.72. The first-order valence-corrected chi connectivity index (χ1v) is 15.3. The number of nitrogens with one attached hydrogen (secondary N) is 2. The number of fused-ring (bicyclic) bond motifs is 1. The van der Waals surface area contributed by atoms with Gasteiger partial charge in [-0.05, 0) is 66.1 Å². The van der Waals surface area contributed by atoms with Crippen LogP contribution < -0.4 is 10.6 Å². The van der Waals surface area contributed by atoms with Crippen LogP contribution in [0.5, 0.6) is 0 Å². The number of carbonyl (C=O) groups excluding carboxylic acids is 6. The number of esters is 2. The molecular weight excluding hydrogens is 590 g/mol. The summed E-state index contributed by atoms with van der Waals surface area (Å²) in [6.07, 6.45) is 2.82. The highest BCUT2D eigenvalue weighted by Crippen LogP contribution is 2.26. The van der Waals surface area contributed by atoms with Gasteiger partial charge in [0, 0.05) is 11.4 Å². The van der Waals surface area contributed by atoms with Crippen LogP contribution in [0.15, 0.2) is 54.6 Å². The third kappa shape index (κ3) is 7.48. The van der Waals surface area contributed by atoms with E-state index >= 15 is 0 Å². The third-order valence-electron chi connectivity index (χ3n) is 7.72. The fourth-order valence-corrected chi connectivity index (χ4v) is 5.25. The predicted octanol–water partition coefficient (Wildman–Crippen LogP) is 4.51. The number of para-hydroxylation sites is 2. The van der Waals surface area contributed by atoms with Crippen LogP contribution in [0.3, 0.4) is 0 Å². The number of nitrogens with zero attached hydrogens (tertiary/aromatic N) is 1. The fourth-order valence-electron chi connectivity index (χ4n) is 5.25. The van der Waals surface area contributed by atoms with E-state index in [1.165, 1.54) is 18.2 Å². The maximum atomic E-state index is 13.0. The summed E-state index contributed by atoms with van der Waals surface area (Å²) in [5.41, 5.74) is 5.04. The average Bonchev–Trinajstić information content (AvgIpc) is 3.30. The quantitative estimate of drug-likeness (QED) is 0.208. The largest absolute Gasteiger partial charge is 0.454 e.